The topological polar surface area (TPSA) is 98.7 Å². The monoisotopic (exact) mass is 396 g/mol. The Morgan fingerprint density at radius 1 is 0.895 bits per heavy atom. The van der Waals surface area contributed by atoms with Crippen LogP contribution in [0.5, 0.6) is 0 Å². The van der Waals surface area contributed by atoms with Crippen LogP contribution < -0.4 is 0 Å². The molecule has 0 saturated carbocycles. The van der Waals surface area contributed by atoms with Gasteiger partial charge in [0, 0.05) is 0 Å². The van der Waals surface area contributed by atoms with Crippen LogP contribution in [0.1, 0.15) is 39.5 Å². The normalized spacial score (nSPS) is 16.2. The molecule has 120 valence electrons. The molecular weight excluding hydrogens is 379 g/mol. The minimum Gasteiger partial charge on any atom is -0.748 e. The Morgan fingerprint density at radius 3 is 1.32 bits per heavy atom. The largest absolute Gasteiger partial charge is 2.00 e. The molecular formula is C8H18NiO6S4. The molecule has 0 N–H and O–H groups in total. The first-order valence-corrected chi connectivity index (χ1v) is 9.99. The fourth-order valence-corrected chi connectivity index (χ4v) is 1.66. The van der Waals surface area contributed by atoms with Gasteiger partial charge in [0.25, 0.3) is 0 Å². The van der Waals surface area contributed by atoms with Crippen molar-refractivity contribution in [3.63, 3.8) is 0 Å². The summed E-state index contributed by atoms with van der Waals surface area (Å²) in [4.78, 5) is 0. The first-order valence-electron chi connectivity index (χ1n) is 5.32. The van der Waals surface area contributed by atoms with Crippen LogP contribution in [-0.4, -0.2) is 30.7 Å². The first kappa shape index (κ1) is 25.1. The van der Waals surface area contributed by atoms with E-state index in [1.807, 2.05) is 13.8 Å². The van der Waals surface area contributed by atoms with E-state index in [0.717, 1.165) is 25.7 Å². The van der Waals surface area contributed by atoms with Gasteiger partial charge >= 0.3 is 16.5 Å². The van der Waals surface area contributed by atoms with Crippen LogP contribution in [0.2, 0.25) is 0 Å². The first-order chi connectivity index (χ1) is 8.12. The quantitative estimate of drug-likeness (QED) is 0.445. The van der Waals surface area contributed by atoms with Crippen molar-refractivity contribution in [2.75, 3.05) is 13.2 Å². The van der Waals surface area contributed by atoms with Crippen molar-refractivity contribution in [3.05, 3.63) is 0 Å². The Labute approximate surface area is 135 Å². The van der Waals surface area contributed by atoms with Gasteiger partial charge in [-0.1, -0.05) is 26.7 Å². The van der Waals surface area contributed by atoms with Gasteiger partial charge < -0.3 is 9.11 Å². The number of hydrogen-bond acceptors (Lipinski definition) is 8. The van der Waals surface area contributed by atoms with Gasteiger partial charge in [-0.3, -0.25) is 8.37 Å². The molecule has 0 heterocycles. The summed E-state index contributed by atoms with van der Waals surface area (Å²) < 4.78 is 48.9. The second-order valence-electron chi connectivity index (χ2n) is 3.17. The summed E-state index contributed by atoms with van der Waals surface area (Å²) in [5, 5.41) is 0. The average molecular weight is 397 g/mol. The van der Waals surface area contributed by atoms with E-state index in [2.05, 4.69) is 30.7 Å². The Balaban J connectivity index is -0.000000256. The van der Waals surface area contributed by atoms with Crippen molar-refractivity contribution in [1.29, 1.82) is 0 Å². The zero-order chi connectivity index (χ0) is 14.7. The maximum atomic E-state index is 10.1. The van der Waals surface area contributed by atoms with Gasteiger partial charge in [-0.2, -0.15) is 0 Å². The van der Waals surface area contributed by atoms with Gasteiger partial charge in [0.05, 0.1) is 31.3 Å². The van der Waals surface area contributed by atoms with Gasteiger partial charge in [-0.05, 0) is 35.2 Å². The number of rotatable bonds is 8. The van der Waals surface area contributed by atoms with Crippen molar-refractivity contribution in [2.45, 2.75) is 39.5 Å². The minimum atomic E-state index is -3.61. The molecule has 2 atom stereocenters. The maximum absolute atomic E-state index is 10.1. The third-order valence-electron chi connectivity index (χ3n) is 1.45. The van der Waals surface area contributed by atoms with Crippen molar-refractivity contribution in [2.24, 2.45) is 0 Å². The Hall–Kier alpha value is 1.07. The van der Waals surface area contributed by atoms with E-state index in [0.29, 0.717) is 0 Å². The average Bonchev–Trinajstić information content (AvgIpc) is 2.16. The predicted molar refractivity (Wildman–Crippen MR) is 74.3 cm³/mol. The van der Waals surface area contributed by atoms with Gasteiger partial charge in [-0.25, -0.2) is 8.42 Å². The molecule has 0 aromatic carbocycles. The molecule has 0 aliphatic carbocycles. The third kappa shape index (κ3) is 32.5. The van der Waals surface area contributed by atoms with Crippen molar-refractivity contribution in [1.82, 2.24) is 0 Å². The van der Waals surface area contributed by atoms with E-state index >= 15 is 0 Å². The Morgan fingerprint density at radius 2 is 1.16 bits per heavy atom. The molecule has 0 amide bonds. The molecule has 0 aliphatic rings. The molecule has 6 nitrogen and oxygen atoms in total. The van der Waals surface area contributed by atoms with Crippen LogP contribution in [0, 0.1) is 0 Å². The summed E-state index contributed by atoms with van der Waals surface area (Å²) in [7, 11) is -7.23. The van der Waals surface area contributed by atoms with Gasteiger partial charge in [-0.15, -0.1) is 0 Å². The summed E-state index contributed by atoms with van der Waals surface area (Å²) in [5.74, 6) is 0. The van der Waals surface area contributed by atoms with Crippen LogP contribution in [0.15, 0.2) is 0 Å². The molecule has 0 saturated heterocycles. The van der Waals surface area contributed by atoms with Gasteiger partial charge in [0.1, 0.15) is 0 Å². The fourth-order valence-electron chi connectivity index (χ4n) is 0.611. The van der Waals surface area contributed by atoms with Crippen LogP contribution >= 0.6 is 0 Å². The summed E-state index contributed by atoms with van der Waals surface area (Å²) >= 11 is 7.90. The molecule has 0 aromatic heterocycles. The van der Waals surface area contributed by atoms with E-state index in [9.17, 15) is 17.5 Å². The summed E-state index contributed by atoms with van der Waals surface area (Å²) in [6.45, 7) is 4.31. The van der Waals surface area contributed by atoms with E-state index in [4.69, 9.17) is 0 Å². The van der Waals surface area contributed by atoms with E-state index in [1.165, 1.54) is 0 Å². The number of unbranched alkanes of at least 4 members (excludes halogenated alkanes) is 2. The fraction of sp³-hybridized carbons (Fsp3) is 1.00. The molecule has 0 aliphatic heterocycles. The molecule has 19 heavy (non-hydrogen) atoms. The third-order valence-corrected chi connectivity index (χ3v) is 2.94. The SMILES string of the molecule is CCCCOS(=O)([O-])=S.CCCCOS(=O)([O-])=S.[Ni+2]. The molecule has 11 heteroatoms. The van der Waals surface area contributed by atoms with E-state index < -0.39 is 18.1 Å². The summed E-state index contributed by atoms with van der Waals surface area (Å²) in [6, 6.07) is 0. The molecule has 0 rings (SSSR count). The molecule has 2 unspecified atom stereocenters. The second-order valence-corrected chi connectivity index (χ2v) is 7.72. The van der Waals surface area contributed by atoms with Crippen molar-refractivity contribution < 1.29 is 42.4 Å². The molecule has 0 spiro atoms. The van der Waals surface area contributed by atoms with Crippen LogP contribution in [0.3, 0.4) is 0 Å². The zero-order valence-electron chi connectivity index (χ0n) is 10.6. The number of hydrogen-bond donors (Lipinski definition) is 0. The Bertz CT molecular complexity index is 342. The van der Waals surface area contributed by atoms with Crippen LogP contribution in [0.4, 0.5) is 0 Å². The summed E-state index contributed by atoms with van der Waals surface area (Å²) in [5.41, 5.74) is 0. The van der Waals surface area contributed by atoms with Crippen LogP contribution in [0.25, 0.3) is 0 Å². The molecule has 0 bridgehead atoms. The van der Waals surface area contributed by atoms with Crippen LogP contribution in [-0.2, 0) is 65.3 Å². The minimum absolute atomic E-state index is 0. The molecule has 0 fully saturated rings. The van der Waals surface area contributed by atoms with Gasteiger partial charge in [0.2, 0.25) is 0 Å². The molecule has 0 aromatic rings. The zero-order valence-corrected chi connectivity index (χ0v) is 14.9. The molecule has 0 radical (unpaired) electrons. The predicted octanol–water partition coefficient (Wildman–Crippen LogP) is 1.19. The second kappa shape index (κ2) is 14.0. The Kier molecular flexibility index (Phi) is 18.5. The smallest absolute Gasteiger partial charge is 0.748 e. The summed E-state index contributed by atoms with van der Waals surface area (Å²) in [6.07, 6.45) is 3.28. The van der Waals surface area contributed by atoms with Crippen molar-refractivity contribution >= 4 is 40.5 Å². The van der Waals surface area contributed by atoms with Crippen molar-refractivity contribution in [3.8, 4) is 0 Å². The standard InChI is InChI=1S/2C4H10O3S2.Ni/c2*1-2-3-4-7-9(5,6)8;/h2*2-4H2,1H3,(H,5,6,8);/q;;+2/p-2. The van der Waals surface area contributed by atoms with E-state index in [1.54, 1.807) is 0 Å². The van der Waals surface area contributed by atoms with Gasteiger partial charge in [0.15, 0.2) is 0 Å². The van der Waals surface area contributed by atoms with E-state index in [-0.39, 0.29) is 29.7 Å². The maximum Gasteiger partial charge on any atom is 2.00 e.